The molecule has 1 aromatic rings. The molecule has 0 aliphatic carbocycles. The number of hydrogen-bond acceptors (Lipinski definition) is 3. The minimum Gasteiger partial charge on any atom is -0.398 e. The van der Waals surface area contributed by atoms with Crippen molar-refractivity contribution in [2.75, 3.05) is 30.3 Å². The molecule has 3 rings (SSSR count). The van der Waals surface area contributed by atoms with Gasteiger partial charge in [-0.3, -0.25) is 9.11 Å². The lowest BCUT2D eigenvalue weighted by Gasteiger charge is -2.37. The Hall–Kier alpha value is -0.870. The van der Waals surface area contributed by atoms with Gasteiger partial charge in [-0.15, -0.1) is 0 Å². The zero-order valence-corrected chi connectivity index (χ0v) is 11.6. The van der Waals surface area contributed by atoms with Crippen LogP contribution in [0.15, 0.2) is 18.2 Å². The van der Waals surface area contributed by atoms with Gasteiger partial charge in [-0.1, -0.05) is 12.1 Å². The molecule has 2 fully saturated rings. The Kier molecular flexibility index (Phi) is 2.94. The molecule has 2 saturated heterocycles. The van der Waals surface area contributed by atoms with E-state index in [-0.39, 0.29) is 0 Å². The molecule has 1 spiro atoms. The van der Waals surface area contributed by atoms with Crippen LogP contribution in [-0.4, -0.2) is 33.7 Å². The average molecular weight is 264 g/mol. The first-order valence-corrected chi connectivity index (χ1v) is 7.98. The lowest BCUT2D eigenvalue weighted by molar-refractivity contribution is 0.279. The molecule has 0 radical (unpaired) electrons. The van der Waals surface area contributed by atoms with E-state index >= 15 is 0 Å². The summed E-state index contributed by atoms with van der Waals surface area (Å²) in [7, 11) is -0.543. The van der Waals surface area contributed by atoms with Crippen molar-refractivity contribution in [3.8, 4) is 0 Å². The van der Waals surface area contributed by atoms with Crippen molar-refractivity contribution in [1.82, 2.24) is 4.90 Å². The predicted molar refractivity (Wildman–Crippen MR) is 75.8 cm³/mol. The van der Waals surface area contributed by atoms with Crippen molar-refractivity contribution in [3.63, 3.8) is 0 Å². The summed E-state index contributed by atoms with van der Waals surface area (Å²) in [4.78, 5) is 2.47. The van der Waals surface area contributed by atoms with Gasteiger partial charge in [-0.25, -0.2) is 0 Å². The highest BCUT2D eigenvalue weighted by molar-refractivity contribution is 7.86. The maximum absolute atomic E-state index is 11.3. The molecule has 0 saturated carbocycles. The Labute approximate surface area is 111 Å². The molecular formula is C14H20N2OS. The van der Waals surface area contributed by atoms with E-state index < -0.39 is 10.8 Å². The van der Waals surface area contributed by atoms with Crippen LogP contribution >= 0.6 is 0 Å². The smallest absolute Gasteiger partial charge is 0.0362 e. The largest absolute Gasteiger partial charge is 0.398 e. The summed E-state index contributed by atoms with van der Waals surface area (Å²) in [6, 6.07) is 6.11. The van der Waals surface area contributed by atoms with Crippen molar-refractivity contribution < 1.29 is 4.21 Å². The summed E-state index contributed by atoms with van der Waals surface area (Å²) in [5.74, 6) is 1.82. The van der Waals surface area contributed by atoms with Gasteiger partial charge in [-0.05, 0) is 37.1 Å². The SMILES string of the molecule is Cc1cccc(N)c1CN1CCC2(C1)CS(=O)C2. The summed E-state index contributed by atoms with van der Waals surface area (Å²) in [6.07, 6.45) is 1.20. The number of hydrogen-bond donors (Lipinski definition) is 1. The zero-order chi connectivity index (χ0) is 12.8. The van der Waals surface area contributed by atoms with Crippen LogP contribution in [0.25, 0.3) is 0 Å². The fourth-order valence-electron chi connectivity index (χ4n) is 3.20. The molecule has 2 heterocycles. The number of nitrogen functional groups attached to an aromatic ring is 1. The summed E-state index contributed by atoms with van der Waals surface area (Å²) >= 11 is 0. The zero-order valence-electron chi connectivity index (χ0n) is 10.8. The maximum Gasteiger partial charge on any atom is 0.0362 e. The van der Waals surface area contributed by atoms with E-state index in [2.05, 4.69) is 17.9 Å². The van der Waals surface area contributed by atoms with Gasteiger partial charge >= 0.3 is 0 Å². The molecule has 2 aliphatic rings. The summed E-state index contributed by atoms with van der Waals surface area (Å²) in [6.45, 7) is 5.26. The Bertz CT molecular complexity index is 472. The molecule has 0 bridgehead atoms. The third-order valence-electron chi connectivity index (χ3n) is 4.28. The molecular weight excluding hydrogens is 244 g/mol. The first kappa shape index (κ1) is 12.2. The van der Waals surface area contributed by atoms with Crippen LogP contribution in [0, 0.1) is 12.3 Å². The fraction of sp³-hybridized carbons (Fsp3) is 0.571. The molecule has 0 amide bonds. The Morgan fingerprint density at radius 1 is 1.44 bits per heavy atom. The highest BCUT2D eigenvalue weighted by Gasteiger charge is 2.47. The van der Waals surface area contributed by atoms with E-state index in [9.17, 15) is 4.21 Å². The number of benzene rings is 1. The first-order chi connectivity index (χ1) is 8.58. The second-order valence-corrected chi connectivity index (χ2v) is 7.29. The summed E-state index contributed by atoms with van der Waals surface area (Å²) < 4.78 is 11.3. The normalized spacial score (nSPS) is 31.7. The fourth-order valence-corrected chi connectivity index (χ4v) is 4.96. The number of nitrogens with two attached hydrogens (primary N) is 1. The lowest BCUT2D eigenvalue weighted by Crippen LogP contribution is -2.46. The quantitative estimate of drug-likeness (QED) is 0.824. The van der Waals surface area contributed by atoms with Crippen molar-refractivity contribution in [3.05, 3.63) is 29.3 Å². The minimum absolute atomic E-state index is 0.363. The molecule has 0 unspecified atom stereocenters. The number of nitrogens with zero attached hydrogens (tertiary/aromatic N) is 1. The molecule has 3 nitrogen and oxygen atoms in total. The monoisotopic (exact) mass is 264 g/mol. The second-order valence-electron chi connectivity index (χ2n) is 5.83. The van der Waals surface area contributed by atoms with E-state index in [1.165, 1.54) is 17.5 Å². The van der Waals surface area contributed by atoms with Crippen LogP contribution in [0.5, 0.6) is 0 Å². The molecule has 2 aliphatic heterocycles. The number of rotatable bonds is 2. The third-order valence-corrected chi connectivity index (χ3v) is 6.15. The van der Waals surface area contributed by atoms with Gasteiger partial charge in [0, 0.05) is 46.5 Å². The predicted octanol–water partition coefficient (Wildman–Crippen LogP) is 1.53. The van der Waals surface area contributed by atoms with Crippen LogP contribution in [0.3, 0.4) is 0 Å². The first-order valence-electron chi connectivity index (χ1n) is 6.49. The minimum atomic E-state index is -0.543. The molecule has 4 heteroatoms. The maximum atomic E-state index is 11.3. The van der Waals surface area contributed by atoms with Gasteiger partial charge in [0.25, 0.3) is 0 Å². The second kappa shape index (κ2) is 4.35. The van der Waals surface area contributed by atoms with Gasteiger partial charge in [0.15, 0.2) is 0 Å². The van der Waals surface area contributed by atoms with Crippen molar-refractivity contribution >= 4 is 16.5 Å². The molecule has 1 aromatic carbocycles. The van der Waals surface area contributed by atoms with Gasteiger partial charge in [-0.2, -0.15) is 0 Å². The summed E-state index contributed by atoms with van der Waals surface area (Å²) in [5, 5.41) is 0. The highest BCUT2D eigenvalue weighted by Crippen LogP contribution is 2.40. The Morgan fingerprint density at radius 3 is 2.89 bits per heavy atom. The van der Waals surface area contributed by atoms with Gasteiger partial charge in [0.1, 0.15) is 0 Å². The van der Waals surface area contributed by atoms with Gasteiger partial charge < -0.3 is 5.73 Å². The third kappa shape index (κ3) is 2.08. The van der Waals surface area contributed by atoms with Crippen molar-refractivity contribution in [1.29, 1.82) is 0 Å². The molecule has 2 N–H and O–H groups in total. The van der Waals surface area contributed by atoms with Crippen LogP contribution in [0.4, 0.5) is 5.69 Å². The topological polar surface area (TPSA) is 46.3 Å². The standard InChI is InChI=1S/C14H20N2OS/c1-11-3-2-4-13(15)12(11)7-16-6-5-14(8-16)9-18(17)10-14/h2-4H,5-10,15H2,1H3. The highest BCUT2D eigenvalue weighted by atomic mass is 32.2. The molecule has 0 aromatic heterocycles. The van der Waals surface area contributed by atoms with E-state index in [1.54, 1.807) is 0 Å². The molecule has 0 atom stereocenters. The van der Waals surface area contributed by atoms with E-state index in [4.69, 9.17) is 5.73 Å². The van der Waals surface area contributed by atoms with E-state index in [0.717, 1.165) is 36.8 Å². The average Bonchev–Trinajstić information content (AvgIpc) is 2.68. The lowest BCUT2D eigenvalue weighted by atomic mass is 9.91. The Morgan fingerprint density at radius 2 is 2.22 bits per heavy atom. The van der Waals surface area contributed by atoms with Crippen molar-refractivity contribution in [2.45, 2.75) is 19.9 Å². The van der Waals surface area contributed by atoms with E-state index in [1.807, 2.05) is 12.1 Å². The van der Waals surface area contributed by atoms with Gasteiger partial charge in [0.05, 0.1) is 0 Å². The molecule has 98 valence electrons. The van der Waals surface area contributed by atoms with Crippen LogP contribution in [0.2, 0.25) is 0 Å². The molecule has 18 heavy (non-hydrogen) atoms. The van der Waals surface area contributed by atoms with Crippen molar-refractivity contribution in [2.24, 2.45) is 5.41 Å². The van der Waals surface area contributed by atoms with Crippen LogP contribution < -0.4 is 5.73 Å². The summed E-state index contributed by atoms with van der Waals surface area (Å²) in [5.41, 5.74) is 9.85. The number of anilines is 1. The number of likely N-dealkylation sites (tertiary alicyclic amines) is 1. The van der Waals surface area contributed by atoms with E-state index in [0.29, 0.717) is 5.41 Å². The Balaban J connectivity index is 1.70. The van der Waals surface area contributed by atoms with Gasteiger partial charge in [0.2, 0.25) is 0 Å². The number of aryl methyl sites for hydroxylation is 1. The van der Waals surface area contributed by atoms with Crippen LogP contribution in [-0.2, 0) is 17.3 Å². The van der Waals surface area contributed by atoms with Crippen LogP contribution in [0.1, 0.15) is 17.5 Å².